The first-order valence-electron chi connectivity index (χ1n) is 3.20. The maximum absolute atomic E-state index is 9.29. The van der Waals surface area contributed by atoms with E-state index in [2.05, 4.69) is 13.8 Å². The smallest absolute Gasteiger partial charge is 0.0617 e. The fourth-order valence-corrected chi connectivity index (χ4v) is 0.500. The summed E-state index contributed by atoms with van der Waals surface area (Å²) >= 11 is 0. The summed E-state index contributed by atoms with van der Waals surface area (Å²) in [5.41, 5.74) is -0.491. The average Bonchev–Trinajstić information content (AvgIpc) is 1.62. The van der Waals surface area contributed by atoms with Crippen LogP contribution in [0.4, 0.5) is 0 Å². The van der Waals surface area contributed by atoms with Crippen molar-refractivity contribution in [2.75, 3.05) is 0 Å². The van der Waals surface area contributed by atoms with Crippen LogP contribution in [0.2, 0.25) is 0 Å². The van der Waals surface area contributed by atoms with Gasteiger partial charge in [-0.15, -0.1) is 0 Å². The molecule has 4 N–H and O–H groups in total. The quantitative estimate of drug-likeness (QED) is 0.605. The fourth-order valence-electron chi connectivity index (χ4n) is 0.500. The lowest BCUT2D eigenvalue weighted by Gasteiger charge is -2.23. The van der Waals surface area contributed by atoms with E-state index >= 15 is 0 Å². The van der Waals surface area contributed by atoms with Crippen molar-refractivity contribution in [1.29, 1.82) is 0 Å². The van der Waals surface area contributed by atoms with E-state index < -0.39 is 5.60 Å². The Bertz CT molecular complexity index is 65.8. The second kappa shape index (κ2) is 3.85. The Kier molecular flexibility index (Phi) is 5.00. The van der Waals surface area contributed by atoms with Crippen LogP contribution in [0.3, 0.4) is 0 Å². The van der Waals surface area contributed by atoms with Crippen molar-refractivity contribution in [1.82, 2.24) is 6.15 Å². The first-order chi connectivity index (χ1) is 3.48. The molecule has 1 atom stereocenters. The molecule has 0 aromatic carbocycles. The van der Waals surface area contributed by atoms with Gasteiger partial charge in [-0.05, 0) is 19.8 Å². The first kappa shape index (κ1) is 11.7. The van der Waals surface area contributed by atoms with Crippen LogP contribution in [-0.4, -0.2) is 10.7 Å². The molecule has 0 amide bonds. The Morgan fingerprint density at radius 1 is 1.44 bits per heavy atom. The monoisotopic (exact) mass is 133 g/mol. The molecule has 0 saturated carbocycles. The SMILES string of the molecule is CCC(C)C(C)(C)O.N. The molecule has 0 radical (unpaired) electrons. The van der Waals surface area contributed by atoms with Crippen molar-refractivity contribution >= 4 is 0 Å². The van der Waals surface area contributed by atoms with Gasteiger partial charge in [0.25, 0.3) is 0 Å². The van der Waals surface area contributed by atoms with E-state index in [0.29, 0.717) is 5.92 Å². The van der Waals surface area contributed by atoms with E-state index in [1.54, 1.807) is 0 Å². The molecule has 58 valence electrons. The summed E-state index contributed by atoms with van der Waals surface area (Å²) in [6, 6.07) is 0. The lowest BCUT2D eigenvalue weighted by atomic mass is 9.91. The Morgan fingerprint density at radius 3 is 1.78 bits per heavy atom. The fraction of sp³-hybridized carbons (Fsp3) is 1.00. The van der Waals surface area contributed by atoms with Crippen LogP contribution in [0.25, 0.3) is 0 Å². The summed E-state index contributed by atoms with van der Waals surface area (Å²) in [5, 5.41) is 9.29. The molecule has 0 aliphatic heterocycles. The minimum Gasteiger partial charge on any atom is -0.390 e. The molecule has 2 nitrogen and oxygen atoms in total. The maximum atomic E-state index is 9.29. The van der Waals surface area contributed by atoms with Gasteiger partial charge in [0.1, 0.15) is 0 Å². The number of aliphatic hydroxyl groups is 1. The summed E-state index contributed by atoms with van der Waals surface area (Å²) in [6.45, 7) is 7.84. The van der Waals surface area contributed by atoms with E-state index in [-0.39, 0.29) is 6.15 Å². The van der Waals surface area contributed by atoms with Crippen LogP contribution in [-0.2, 0) is 0 Å². The van der Waals surface area contributed by atoms with E-state index in [1.807, 2.05) is 13.8 Å². The van der Waals surface area contributed by atoms with Crippen LogP contribution < -0.4 is 6.15 Å². The summed E-state index contributed by atoms with van der Waals surface area (Å²) in [5.74, 6) is 0.405. The summed E-state index contributed by atoms with van der Waals surface area (Å²) in [6.07, 6.45) is 1.05. The summed E-state index contributed by atoms with van der Waals surface area (Å²) in [4.78, 5) is 0. The lowest BCUT2D eigenvalue weighted by Crippen LogP contribution is -2.27. The highest BCUT2D eigenvalue weighted by Gasteiger charge is 2.19. The molecule has 9 heavy (non-hydrogen) atoms. The molecule has 0 rings (SSSR count). The highest BCUT2D eigenvalue weighted by molar-refractivity contribution is 4.71. The molecule has 0 bridgehead atoms. The van der Waals surface area contributed by atoms with Gasteiger partial charge in [0.05, 0.1) is 5.60 Å². The molecule has 1 unspecified atom stereocenters. The van der Waals surface area contributed by atoms with E-state index in [1.165, 1.54) is 0 Å². The minimum absolute atomic E-state index is 0. The lowest BCUT2D eigenvalue weighted by molar-refractivity contribution is 0.0234. The van der Waals surface area contributed by atoms with Gasteiger partial charge in [-0.25, -0.2) is 0 Å². The molecule has 0 fully saturated rings. The summed E-state index contributed by atoms with van der Waals surface area (Å²) in [7, 11) is 0. The van der Waals surface area contributed by atoms with Crippen molar-refractivity contribution in [2.45, 2.75) is 39.7 Å². The van der Waals surface area contributed by atoms with Gasteiger partial charge in [0.15, 0.2) is 0 Å². The van der Waals surface area contributed by atoms with E-state index in [4.69, 9.17) is 0 Å². The molecule has 0 aliphatic rings. The van der Waals surface area contributed by atoms with Crippen molar-refractivity contribution in [3.8, 4) is 0 Å². The molecular weight excluding hydrogens is 114 g/mol. The predicted octanol–water partition coefficient (Wildman–Crippen LogP) is 1.97. The third-order valence-electron chi connectivity index (χ3n) is 1.82. The molecule has 0 aromatic heterocycles. The van der Waals surface area contributed by atoms with Crippen molar-refractivity contribution < 1.29 is 5.11 Å². The largest absolute Gasteiger partial charge is 0.390 e. The number of hydrogen-bond donors (Lipinski definition) is 2. The topological polar surface area (TPSA) is 55.2 Å². The van der Waals surface area contributed by atoms with E-state index in [9.17, 15) is 5.11 Å². The standard InChI is InChI=1S/C7H16O.H3N/c1-5-6(2)7(3,4)8;/h6,8H,5H2,1-4H3;1H3. The third kappa shape index (κ3) is 4.43. The molecule has 0 spiro atoms. The Balaban J connectivity index is 0. The van der Waals surface area contributed by atoms with Gasteiger partial charge in [-0.1, -0.05) is 20.3 Å². The third-order valence-corrected chi connectivity index (χ3v) is 1.82. The second-order valence-electron chi connectivity index (χ2n) is 2.96. The molecule has 0 heterocycles. The van der Waals surface area contributed by atoms with Gasteiger partial charge in [0.2, 0.25) is 0 Å². The second-order valence-corrected chi connectivity index (χ2v) is 2.96. The van der Waals surface area contributed by atoms with Crippen molar-refractivity contribution in [3.05, 3.63) is 0 Å². The highest BCUT2D eigenvalue weighted by atomic mass is 16.3. The molecule has 0 aromatic rings. The normalized spacial score (nSPS) is 14.3. The van der Waals surface area contributed by atoms with Gasteiger partial charge in [-0.2, -0.15) is 0 Å². The zero-order chi connectivity index (χ0) is 6.78. The van der Waals surface area contributed by atoms with E-state index in [0.717, 1.165) is 6.42 Å². The zero-order valence-electron chi connectivity index (χ0n) is 6.94. The van der Waals surface area contributed by atoms with Gasteiger partial charge < -0.3 is 11.3 Å². The number of hydrogen-bond acceptors (Lipinski definition) is 2. The Labute approximate surface area is 57.9 Å². The molecule has 0 saturated heterocycles. The molecule has 2 heteroatoms. The Morgan fingerprint density at radius 2 is 1.78 bits per heavy atom. The zero-order valence-corrected chi connectivity index (χ0v) is 6.94. The minimum atomic E-state index is -0.491. The highest BCUT2D eigenvalue weighted by Crippen LogP contribution is 2.17. The van der Waals surface area contributed by atoms with Gasteiger partial charge in [-0.3, -0.25) is 0 Å². The van der Waals surface area contributed by atoms with Crippen molar-refractivity contribution in [3.63, 3.8) is 0 Å². The van der Waals surface area contributed by atoms with Crippen LogP contribution in [0.5, 0.6) is 0 Å². The first-order valence-corrected chi connectivity index (χ1v) is 3.20. The number of rotatable bonds is 2. The van der Waals surface area contributed by atoms with Crippen molar-refractivity contribution in [2.24, 2.45) is 5.92 Å². The predicted molar refractivity (Wildman–Crippen MR) is 40.8 cm³/mol. The van der Waals surface area contributed by atoms with Crippen LogP contribution in [0.1, 0.15) is 34.1 Å². The average molecular weight is 133 g/mol. The van der Waals surface area contributed by atoms with Crippen LogP contribution >= 0.6 is 0 Å². The Hall–Kier alpha value is -0.0800. The van der Waals surface area contributed by atoms with Crippen LogP contribution in [0, 0.1) is 5.92 Å². The maximum Gasteiger partial charge on any atom is 0.0617 e. The van der Waals surface area contributed by atoms with Crippen LogP contribution in [0.15, 0.2) is 0 Å². The van der Waals surface area contributed by atoms with Gasteiger partial charge >= 0.3 is 0 Å². The summed E-state index contributed by atoms with van der Waals surface area (Å²) < 4.78 is 0. The van der Waals surface area contributed by atoms with Gasteiger partial charge in [0, 0.05) is 0 Å². The molecular formula is C7H19NO. The molecule has 0 aliphatic carbocycles.